The van der Waals surface area contributed by atoms with Gasteiger partial charge < -0.3 is 10.1 Å². The molecule has 0 aliphatic rings. The van der Waals surface area contributed by atoms with Gasteiger partial charge in [-0.3, -0.25) is 4.98 Å². The lowest BCUT2D eigenvalue weighted by molar-refractivity contribution is 0.333. The van der Waals surface area contributed by atoms with Gasteiger partial charge in [-0.2, -0.15) is 0 Å². The van der Waals surface area contributed by atoms with Crippen LogP contribution in [-0.2, 0) is 16.4 Å². The number of rotatable bonds is 8. The van der Waals surface area contributed by atoms with Gasteiger partial charge in [-0.1, -0.05) is 20.8 Å². The van der Waals surface area contributed by atoms with Crippen LogP contribution in [0, 0.1) is 6.92 Å². The number of ether oxygens (including phenoxy) is 1. The first-order valence-corrected chi connectivity index (χ1v) is 8.69. The molecule has 0 aliphatic heterocycles. The van der Waals surface area contributed by atoms with Crippen molar-refractivity contribution in [3.63, 3.8) is 0 Å². The minimum Gasteiger partial charge on any atom is -0.491 e. The van der Waals surface area contributed by atoms with Crippen molar-refractivity contribution in [3.8, 4) is 5.75 Å². The summed E-state index contributed by atoms with van der Waals surface area (Å²) in [5, 5.41) is 3.29. The molecule has 0 spiro atoms. The smallest absolute Gasteiger partial charge is 0.153 e. The molecular formula is C14H24N2O3S. The number of aryl methyl sites for hydroxylation is 1. The second-order valence-corrected chi connectivity index (χ2v) is 7.49. The largest absolute Gasteiger partial charge is 0.491 e. The molecule has 0 aromatic carbocycles. The maximum Gasteiger partial charge on any atom is 0.153 e. The molecule has 5 nitrogen and oxygen atoms in total. The number of pyridine rings is 1. The van der Waals surface area contributed by atoms with Crippen molar-refractivity contribution in [2.75, 3.05) is 18.1 Å². The van der Waals surface area contributed by atoms with Crippen molar-refractivity contribution < 1.29 is 13.2 Å². The van der Waals surface area contributed by atoms with Crippen molar-refractivity contribution in [1.82, 2.24) is 10.3 Å². The minimum atomic E-state index is -3.00. The zero-order valence-corrected chi connectivity index (χ0v) is 13.5. The Bertz CT molecular complexity index is 527. The van der Waals surface area contributed by atoms with E-state index in [4.69, 9.17) is 4.74 Å². The summed E-state index contributed by atoms with van der Waals surface area (Å²) in [7, 11) is -3.00. The molecule has 0 atom stereocenters. The van der Waals surface area contributed by atoms with E-state index < -0.39 is 9.84 Å². The van der Waals surface area contributed by atoms with Crippen LogP contribution in [-0.4, -0.2) is 37.6 Å². The summed E-state index contributed by atoms with van der Waals surface area (Å²) in [5.74, 6) is 0.827. The molecule has 1 aromatic rings. The highest BCUT2D eigenvalue weighted by Crippen LogP contribution is 2.17. The lowest BCUT2D eigenvalue weighted by Crippen LogP contribution is -2.23. The summed E-state index contributed by atoms with van der Waals surface area (Å²) >= 11 is 0. The molecule has 1 rings (SSSR count). The van der Waals surface area contributed by atoms with Crippen LogP contribution in [0.1, 0.15) is 32.2 Å². The zero-order valence-electron chi connectivity index (χ0n) is 12.6. The number of aromatic nitrogens is 1. The van der Waals surface area contributed by atoms with Gasteiger partial charge in [0, 0.05) is 24.0 Å². The first kappa shape index (κ1) is 16.9. The second-order valence-electron chi connectivity index (χ2n) is 5.02. The fourth-order valence-electron chi connectivity index (χ4n) is 1.58. The van der Waals surface area contributed by atoms with Gasteiger partial charge in [-0.25, -0.2) is 8.42 Å². The zero-order chi connectivity index (χ0) is 15.2. The predicted molar refractivity (Wildman–Crippen MR) is 80.8 cm³/mol. The van der Waals surface area contributed by atoms with Crippen molar-refractivity contribution >= 4 is 9.84 Å². The molecular weight excluding hydrogens is 276 g/mol. The second kappa shape index (κ2) is 7.59. The van der Waals surface area contributed by atoms with Gasteiger partial charge in [0.2, 0.25) is 0 Å². The Morgan fingerprint density at radius 3 is 2.65 bits per heavy atom. The van der Waals surface area contributed by atoms with Gasteiger partial charge in [0.25, 0.3) is 0 Å². The standard InChI is InChI=1S/C14H24N2O3S/c1-5-20(17,18)9-8-19-14-7-6-12(4)16-13(14)10-15-11(2)3/h6-7,11,15H,5,8-10H2,1-4H3. The molecule has 0 bridgehead atoms. The molecule has 0 aliphatic carbocycles. The summed E-state index contributed by atoms with van der Waals surface area (Å²) in [6.45, 7) is 8.45. The maximum absolute atomic E-state index is 11.4. The van der Waals surface area contributed by atoms with Gasteiger partial charge in [0.1, 0.15) is 12.4 Å². The lowest BCUT2D eigenvalue weighted by atomic mass is 10.2. The average molecular weight is 300 g/mol. The first-order chi connectivity index (χ1) is 9.34. The van der Waals surface area contributed by atoms with E-state index in [2.05, 4.69) is 24.1 Å². The molecule has 114 valence electrons. The van der Waals surface area contributed by atoms with Crippen LogP contribution < -0.4 is 10.1 Å². The topological polar surface area (TPSA) is 68.3 Å². The number of hydrogen-bond acceptors (Lipinski definition) is 5. The Labute approximate surface area is 121 Å². The fraction of sp³-hybridized carbons (Fsp3) is 0.643. The van der Waals surface area contributed by atoms with E-state index in [0.717, 1.165) is 11.4 Å². The van der Waals surface area contributed by atoms with Crippen LogP contribution in [0.15, 0.2) is 12.1 Å². The van der Waals surface area contributed by atoms with Crippen LogP contribution in [0.25, 0.3) is 0 Å². The molecule has 0 radical (unpaired) electrons. The van der Waals surface area contributed by atoms with Crippen LogP contribution in [0.2, 0.25) is 0 Å². The van der Waals surface area contributed by atoms with E-state index in [1.54, 1.807) is 6.92 Å². The molecule has 0 unspecified atom stereocenters. The fourth-order valence-corrected chi connectivity index (χ4v) is 2.21. The molecule has 0 fully saturated rings. The van der Waals surface area contributed by atoms with E-state index >= 15 is 0 Å². The molecule has 0 amide bonds. The molecule has 1 N–H and O–H groups in total. The number of hydrogen-bond donors (Lipinski definition) is 1. The van der Waals surface area contributed by atoms with Crippen molar-refractivity contribution in [2.24, 2.45) is 0 Å². The highest BCUT2D eigenvalue weighted by molar-refractivity contribution is 7.91. The normalized spacial score (nSPS) is 11.8. The van der Waals surface area contributed by atoms with Crippen LogP contribution in [0.4, 0.5) is 0 Å². The van der Waals surface area contributed by atoms with Crippen LogP contribution >= 0.6 is 0 Å². The molecule has 1 aromatic heterocycles. The third kappa shape index (κ3) is 5.88. The average Bonchev–Trinajstić information content (AvgIpc) is 2.38. The van der Waals surface area contributed by atoms with E-state index in [1.807, 2.05) is 19.1 Å². The Morgan fingerprint density at radius 1 is 1.35 bits per heavy atom. The highest BCUT2D eigenvalue weighted by Gasteiger charge is 2.10. The molecule has 0 saturated carbocycles. The van der Waals surface area contributed by atoms with Gasteiger partial charge in [0.15, 0.2) is 9.84 Å². The predicted octanol–water partition coefficient (Wildman–Crippen LogP) is 1.70. The van der Waals surface area contributed by atoms with Gasteiger partial charge >= 0.3 is 0 Å². The monoisotopic (exact) mass is 300 g/mol. The van der Waals surface area contributed by atoms with Gasteiger partial charge in [-0.15, -0.1) is 0 Å². The van der Waals surface area contributed by atoms with E-state index in [0.29, 0.717) is 18.3 Å². The Kier molecular flexibility index (Phi) is 6.42. The number of nitrogens with zero attached hydrogens (tertiary/aromatic N) is 1. The molecule has 1 heterocycles. The highest BCUT2D eigenvalue weighted by atomic mass is 32.2. The van der Waals surface area contributed by atoms with Crippen molar-refractivity contribution in [1.29, 1.82) is 0 Å². The molecule has 20 heavy (non-hydrogen) atoms. The third-order valence-corrected chi connectivity index (χ3v) is 4.51. The quantitative estimate of drug-likeness (QED) is 0.791. The van der Waals surface area contributed by atoms with E-state index in [1.165, 1.54) is 0 Å². The van der Waals surface area contributed by atoms with Gasteiger partial charge in [-0.05, 0) is 19.1 Å². The van der Waals surface area contributed by atoms with Crippen LogP contribution in [0.3, 0.4) is 0 Å². The molecule has 0 saturated heterocycles. The summed E-state index contributed by atoms with van der Waals surface area (Å²) in [6, 6.07) is 4.06. The molecule has 6 heteroatoms. The SMILES string of the molecule is CCS(=O)(=O)CCOc1ccc(C)nc1CNC(C)C. The Hall–Kier alpha value is -1.14. The summed E-state index contributed by atoms with van der Waals surface area (Å²) in [6.07, 6.45) is 0. The number of sulfone groups is 1. The first-order valence-electron chi connectivity index (χ1n) is 6.87. The van der Waals surface area contributed by atoms with Crippen molar-refractivity contribution in [3.05, 3.63) is 23.5 Å². The minimum absolute atomic E-state index is 0.0361. The maximum atomic E-state index is 11.4. The lowest BCUT2D eigenvalue weighted by Gasteiger charge is -2.13. The Balaban J connectivity index is 2.68. The number of nitrogens with one attached hydrogen (secondary N) is 1. The van der Waals surface area contributed by atoms with Crippen LogP contribution in [0.5, 0.6) is 5.75 Å². The summed E-state index contributed by atoms with van der Waals surface area (Å²) in [4.78, 5) is 4.44. The van der Waals surface area contributed by atoms with Crippen molar-refractivity contribution in [2.45, 2.75) is 40.3 Å². The van der Waals surface area contributed by atoms with E-state index in [9.17, 15) is 8.42 Å². The summed E-state index contributed by atoms with van der Waals surface area (Å²) in [5.41, 5.74) is 1.73. The summed E-state index contributed by atoms with van der Waals surface area (Å²) < 4.78 is 28.5. The van der Waals surface area contributed by atoms with E-state index in [-0.39, 0.29) is 18.1 Å². The van der Waals surface area contributed by atoms with Gasteiger partial charge in [0.05, 0.1) is 11.4 Å². The Morgan fingerprint density at radius 2 is 2.05 bits per heavy atom. The third-order valence-electron chi connectivity index (χ3n) is 2.84.